The van der Waals surface area contributed by atoms with Crippen LogP contribution in [0.15, 0.2) is 65.5 Å². The minimum Gasteiger partial charge on any atom is -0.492 e. The number of fused-ring (bicyclic) bond motifs is 1. The zero-order chi connectivity index (χ0) is 22.0. The molecule has 3 aromatic rings. The van der Waals surface area contributed by atoms with Crippen LogP contribution in [-0.2, 0) is 6.54 Å². The predicted octanol–water partition coefficient (Wildman–Crippen LogP) is 3.62. The third-order valence-corrected chi connectivity index (χ3v) is 5.57. The summed E-state index contributed by atoms with van der Waals surface area (Å²) in [4.78, 5) is 24.9. The molecule has 1 aromatic heterocycles. The van der Waals surface area contributed by atoms with Gasteiger partial charge in [0.05, 0.1) is 6.54 Å². The molecule has 2 aliphatic rings. The van der Waals surface area contributed by atoms with Gasteiger partial charge in [-0.3, -0.25) is 9.59 Å². The van der Waals surface area contributed by atoms with E-state index in [1.54, 1.807) is 18.2 Å². The molecule has 164 valence electrons. The second-order valence-corrected chi connectivity index (χ2v) is 7.88. The second kappa shape index (κ2) is 8.37. The number of rotatable bonds is 6. The molecule has 0 radical (unpaired) electrons. The summed E-state index contributed by atoms with van der Waals surface area (Å²) in [5, 5.41) is 7.00. The highest BCUT2D eigenvalue weighted by Crippen LogP contribution is 2.47. The smallest absolute Gasteiger partial charge is 0.276 e. The number of aromatic nitrogens is 2. The van der Waals surface area contributed by atoms with Crippen molar-refractivity contribution in [2.75, 3.05) is 11.9 Å². The molecule has 1 spiro atoms. The molecular formula is C24H23N3O5. The van der Waals surface area contributed by atoms with E-state index in [0.717, 1.165) is 25.7 Å². The second-order valence-electron chi connectivity index (χ2n) is 7.88. The first-order chi connectivity index (χ1) is 15.6. The molecule has 8 nitrogen and oxygen atoms in total. The summed E-state index contributed by atoms with van der Waals surface area (Å²) in [5.74, 6) is 1.05. The number of hydrogen-bond acceptors (Lipinski definition) is 6. The minimum absolute atomic E-state index is 0.134. The summed E-state index contributed by atoms with van der Waals surface area (Å²) in [6, 6.07) is 17.4. The molecule has 2 aromatic carbocycles. The van der Waals surface area contributed by atoms with Crippen LogP contribution in [0.25, 0.3) is 0 Å². The molecule has 0 saturated heterocycles. The van der Waals surface area contributed by atoms with Gasteiger partial charge in [0, 0.05) is 30.7 Å². The summed E-state index contributed by atoms with van der Waals surface area (Å²) < 4.78 is 18.9. The largest absolute Gasteiger partial charge is 0.492 e. The van der Waals surface area contributed by atoms with Crippen molar-refractivity contribution in [3.8, 4) is 17.2 Å². The third-order valence-electron chi connectivity index (χ3n) is 5.57. The maximum absolute atomic E-state index is 12.7. The van der Waals surface area contributed by atoms with Gasteiger partial charge in [-0.15, -0.1) is 0 Å². The van der Waals surface area contributed by atoms with E-state index in [-0.39, 0.29) is 24.4 Å². The van der Waals surface area contributed by atoms with Gasteiger partial charge in [-0.25, -0.2) is 4.68 Å². The van der Waals surface area contributed by atoms with Gasteiger partial charge < -0.3 is 19.5 Å². The molecule has 1 aliphatic heterocycles. The Kier molecular flexibility index (Phi) is 5.26. The highest BCUT2D eigenvalue weighted by molar-refractivity contribution is 6.02. The van der Waals surface area contributed by atoms with Crippen LogP contribution in [0, 0.1) is 0 Å². The van der Waals surface area contributed by atoms with Gasteiger partial charge >= 0.3 is 0 Å². The van der Waals surface area contributed by atoms with E-state index in [9.17, 15) is 9.59 Å². The Morgan fingerprint density at radius 1 is 1.03 bits per heavy atom. The van der Waals surface area contributed by atoms with Gasteiger partial charge in [-0.1, -0.05) is 18.2 Å². The minimum atomic E-state index is -0.552. The van der Waals surface area contributed by atoms with Crippen molar-refractivity contribution in [3.63, 3.8) is 0 Å². The first-order valence-corrected chi connectivity index (χ1v) is 10.7. The van der Waals surface area contributed by atoms with Crippen LogP contribution in [0.2, 0.25) is 0 Å². The van der Waals surface area contributed by atoms with Crippen molar-refractivity contribution in [1.82, 2.24) is 9.78 Å². The molecule has 0 atom stereocenters. The van der Waals surface area contributed by atoms with Crippen LogP contribution in [0.1, 0.15) is 36.2 Å². The maximum Gasteiger partial charge on any atom is 0.276 e. The van der Waals surface area contributed by atoms with Gasteiger partial charge in [0.15, 0.2) is 11.5 Å². The molecule has 0 bridgehead atoms. The number of ether oxygens (including phenoxy) is 3. The van der Waals surface area contributed by atoms with Gasteiger partial charge in [0.2, 0.25) is 0 Å². The fraction of sp³-hybridized carbons (Fsp3) is 0.292. The molecule has 0 unspecified atom stereocenters. The average molecular weight is 433 g/mol. The van der Waals surface area contributed by atoms with E-state index < -0.39 is 11.7 Å². The van der Waals surface area contributed by atoms with E-state index in [2.05, 4.69) is 10.4 Å². The number of para-hydroxylation sites is 1. The summed E-state index contributed by atoms with van der Waals surface area (Å²) in [7, 11) is 0. The summed E-state index contributed by atoms with van der Waals surface area (Å²) in [6.45, 7) is 0.479. The number of hydrogen-bond donors (Lipinski definition) is 1. The summed E-state index contributed by atoms with van der Waals surface area (Å²) >= 11 is 0. The summed E-state index contributed by atoms with van der Waals surface area (Å²) in [6.07, 6.45) is 3.89. The van der Waals surface area contributed by atoms with E-state index >= 15 is 0 Å². The van der Waals surface area contributed by atoms with Crippen LogP contribution in [-0.4, -0.2) is 28.1 Å². The number of amides is 1. The molecule has 32 heavy (non-hydrogen) atoms. The topological polar surface area (TPSA) is 91.7 Å². The fourth-order valence-electron chi connectivity index (χ4n) is 3.98. The van der Waals surface area contributed by atoms with Crippen molar-refractivity contribution in [3.05, 3.63) is 76.7 Å². The molecule has 1 N–H and O–H groups in total. The Labute approximate surface area is 184 Å². The van der Waals surface area contributed by atoms with E-state index in [1.807, 2.05) is 30.3 Å². The number of benzene rings is 2. The average Bonchev–Trinajstić information content (AvgIpc) is 3.41. The molecule has 2 heterocycles. The SMILES string of the molecule is O=C(Nc1ccc2c(c1)OC1(CCCC1)O2)c1ccc(=O)n(CCOc2ccccc2)n1. The molecule has 1 fully saturated rings. The normalized spacial score (nSPS) is 15.6. The highest BCUT2D eigenvalue weighted by Gasteiger charge is 2.44. The van der Waals surface area contributed by atoms with Gasteiger partial charge in [-0.05, 0) is 43.2 Å². The van der Waals surface area contributed by atoms with Crippen LogP contribution in [0.4, 0.5) is 5.69 Å². The standard InChI is InChI=1S/C24H23N3O5/c28-22-11-9-19(26-27(22)14-15-30-18-6-2-1-3-7-18)23(29)25-17-8-10-20-21(16-17)32-24(31-20)12-4-5-13-24/h1-3,6-11,16H,4-5,12-15H2,(H,25,29). The van der Waals surface area contributed by atoms with Crippen molar-refractivity contribution in [2.24, 2.45) is 0 Å². The molecule has 1 aliphatic carbocycles. The number of carbonyl (C=O) groups excluding carboxylic acids is 1. The lowest BCUT2D eigenvalue weighted by Gasteiger charge is -2.21. The zero-order valence-electron chi connectivity index (χ0n) is 17.5. The first-order valence-electron chi connectivity index (χ1n) is 10.7. The Balaban J connectivity index is 1.24. The van der Waals surface area contributed by atoms with Gasteiger partial charge in [0.1, 0.15) is 18.1 Å². The Morgan fingerprint density at radius 2 is 1.81 bits per heavy atom. The van der Waals surface area contributed by atoms with Crippen LogP contribution in [0.3, 0.4) is 0 Å². The lowest BCUT2D eigenvalue weighted by molar-refractivity contribution is -0.0716. The van der Waals surface area contributed by atoms with Gasteiger partial charge in [-0.2, -0.15) is 5.10 Å². The van der Waals surface area contributed by atoms with Crippen molar-refractivity contribution in [1.29, 1.82) is 0 Å². The van der Waals surface area contributed by atoms with Crippen LogP contribution in [0.5, 0.6) is 17.2 Å². The number of carbonyl (C=O) groups is 1. The van der Waals surface area contributed by atoms with E-state index in [0.29, 0.717) is 22.9 Å². The van der Waals surface area contributed by atoms with Crippen LogP contribution >= 0.6 is 0 Å². The Bertz CT molecular complexity index is 1190. The Hall–Kier alpha value is -3.81. The van der Waals surface area contributed by atoms with Crippen molar-refractivity contribution >= 4 is 11.6 Å². The Morgan fingerprint density at radius 3 is 2.62 bits per heavy atom. The number of nitrogens with one attached hydrogen (secondary N) is 1. The lowest BCUT2D eigenvalue weighted by atomic mass is 10.2. The molecule has 8 heteroatoms. The molecule has 5 rings (SSSR count). The molecule has 1 saturated carbocycles. The van der Waals surface area contributed by atoms with E-state index in [1.165, 1.54) is 16.8 Å². The quantitative estimate of drug-likeness (QED) is 0.639. The number of nitrogens with zero attached hydrogens (tertiary/aromatic N) is 2. The van der Waals surface area contributed by atoms with Gasteiger partial charge in [0.25, 0.3) is 17.3 Å². The molecular weight excluding hydrogens is 410 g/mol. The van der Waals surface area contributed by atoms with Crippen LogP contribution < -0.4 is 25.1 Å². The molecule has 1 amide bonds. The highest BCUT2D eigenvalue weighted by atomic mass is 16.7. The fourth-order valence-corrected chi connectivity index (χ4v) is 3.98. The van der Waals surface area contributed by atoms with E-state index in [4.69, 9.17) is 14.2 Å². The zero-order valence-corrected chi connectivity index (χ0v) is 17.5. The first kappa shape index (κ1) is 20.1. The monoisotopic (exact) mass is 433 g/mol. The van der Waals surface area contributed by atoms with Crippen molar-refractivity contribution < 1.29 is 19.0 Å². The number of anilines is 1. The predicted molar refractivity (Wildman–Crippen MR) is 117 cm³/mol. The third kappa shape index (κ3) is 4.16. The van der Waals surface area contributed by atoms with Crippen molar-refractivity contribution in [2.45, 2.75) is 38.0 Å². The lowest BCUT2D eigenvalue weighted by Crippen LogP contribution is -2.34. The maximum atomic E-state index is 12.7. The summed E-state index contributed by atoms with van der Waals surface area (Å²) in [5.41, 5.74) is 0.400.